The number of carbonyl (C=O) groups excluding carboxylic acids is 3. The van der Waals surface area contributed by atoms with Crippen LogP contribution in [0.3, 0.4) is 0 Å². The van der Waals surface area contributed by atoms with Gasteiger partial charge in [-0.15, -0.1) is 0 Å². The maximum atomic E-state index is 12.9. The van der Waals surface area contributed by atoms with E-state index >= 15 is 0 Å². The van der Waals surface area contributed by atoms with Crippen molar-refractivity contribution >= 4 is 40.8 Å². The monoisotopic (exact) mass is 572 g/mol. The molecule has 0 spiro atoms. The number of para-hydroxylation sites is 1. The molecule has 220 valence electrons. The van der Waals surface area contributed by atoms with Crippen molar-refractivity contribution in [3.63, 3.8) is 0 Å². The van der Waals surface area contributed by atoms with Crippen LogP contribution in [-0.2, 0) is 20.8 Å². The lowest BCUT2D eigenvalue weighted by molar-refractivity contribution is -0.141. The number of aryl methyl sites for hydroxylation is 1. The van der Waals surface area contributed by atoms with Crippen molar-refractivity contribution in [2.45, 2.75) is 26.2 Å². The SMILES string of the molecule is COc1cc(CC(=O)CNc2ccc(C3CN(C(C)=O)CC3C(=O)O)cc2)ccc1NC(=O)N(C)c1ccccc1C. The van der Waals surface area contributed by atoms with E-state index in [9.17, 15) is 24.3 Å². The number of hydrogen-bond acceptors (Lipinski definition) is 6. The molecule has 1 heterocycles. The maximum Gasteiger partial charge on any atom is 0.326 e. The number of hydrogen-bond donors (Lipinski definition) is 3. The first kappa shape index (κ1) is 30.1. The van der Waals surface area contributed by atoms with E-state index in [1.165, 1.54) is 18.9 Å². The second-order valence-electron chi connectivity index (χ2n) is 10.5. The number of amides is 3. The smallest absolute Gasteiger partial charge is 0.326 e. The molecule has 0 bridgehead atoms. The summed E-state index contributed by atoms with van der Waals surface area (Å²) in [6.07, 6.45) is 0.169. The highest BCUT2D eigenvalue weighted by molar-refractivity contribution is 6.02. The lowest BCUT2D eigenvalue weighted by atomic mass is 9.89. The van der Waals surface area contributed by atoms with Gasteiger partial charge >= 0.3 is 12.0 Å². The standard InChI is InChI=1S/C32H36N4O6/c1-20-7-5-6-8-29(20)35(3)32(41)34-28-14-9-22(16-30(28)42-4)15-25(38)17-33-24-12-10-23(11-13-24)26-18-36(21(2)37)19-27(26)31(39)40/h5-14,16,26-27,33H,15,17-19H2,1-4H3,(H,34,41)(H,39,40). The Morgan fingerprint density at radius 2 is 1.74 bits per heavy atom. The molecule has 1 aliphatic rings. The zero-order valence-corrected chi connectivity index (χ0v) is 24.2. The third kappa shape index (κ3) is 7.06. The highest BCUT2D eigenvalue weighted by atomic mass is 16.5. The van der Waals surface area contributed by atoms with E-state index in [0.717, 1.165) is 28.1 Å². The number of methoxy groups -OCH3 is 1. The van der Waals surface area contributed by atoms with Crippen LogP contribution in [0.1, 0.15) is 29.5 Å². The van der Waals surface area contributed by atoms with Crippen LogP contribution in [-0.4, -0.2) is 67.5 Å². The molecule has 42 heavy (non-hydrogen) atoms. The Labute approximate surface area is 245 Å². The number of carbonyl (C=O) groups is 4. The number of rotatable bonds is 10. The minimum absolute atomic E-state index is 0.0453. The van der Waals surface area contributed by atoms with Crippen molar-refractivity contribution in [2.24, 2.45) is 5.92 Å². The molecule has 0 aromatic heterocycles. The second kappa shape index (κ2) is 13.2. The van der Waals surface area contributed by atoms with E-state index in [1.807, 2.05) is 55.5 Å². The molecule has 0 radical (unpaired) electrons. The normalized spacial score (nSPS) is 16.0. The molecule has 4 rings (SSSR count). The Balaban J connectivity index is 1.33. The van der Waals surface area contributed by atoms with E-state index in [1.54, 1.807) is 30.1 Å². The molecule has 3 aromatic rings. The van der Waals surface area contributed by atoms with Gasteiger partial charge in [0.2, 0.25) is 5.91 Å². The Bertz CT molecular complexity index is 1470. The number of ketones is 1. The third-order valence-corrected chi connectivity index (χ3v) is 7.60. The van der Waals surface area contributed by atoms with Crippen LogP contribution in [0.15, 0.2) is 66.7 Å². The predicted molar refractivity (Wildman–Crippen MR) is 161 cm³/mol. The summed E-state index contributed by atoms with van der Waals surface area (Å²) in [7, 11) is 3.20. The summed E-state index contributed by atoms with van der Waals surface area (Å²) >= 11 is 0. The fourth-order valence-electron chi connectivity index (χ4n) is 5.18. The minimum Gasteiger partial charge on any atom is -0.495 e. The van der Waals surface area contributed by atoms with E-state index in [2.05, 4.69) is 10.6 Å². The Kier molecular flexibility index (Phi) is 9.46. The molecule has 0 saturated carbocycles. The van der Waals surface area contributed by atoms with Gasteiger partial charge in [0.05, 0.1) is 25.3 Å². The first-order valence-electron chi connectivity index (χ1n) is 13.7. The molecular formula is C32H36N4O6. The lowest BCUT2D eigenvalue weighted by Crippen LogP contribution is -2.31. The summed E-state index contributed by atoms with van der Waals surface area (Å²) in [6.45, 7) is 4.05. The van der Waals surface area contributed by atoms with Crippen LogP contribution in [0.2, 0.25) is 0 Å². The summed E-state index contributed by atoms with van der Waals surface area (Å²) in [6, 6.07) is 19.8. The molecule has 3 N–H and O–H groups in total. The molecule has 3 aromatic carbocycles. The number of carboxylic acids is 1. The van der Waals surface area contributed by atoms with Gasteiger partial charge in [0, 0.05) is 50.8 Å². The van der Waals surface area contributed by atoms with Gasteiger partial charge in [0.1, 0.15) is 5.75 Å². The predicted octanol–water partition coefficient (Wildman–Crippen LogP) is 4.54. The lowest BCUT2D eigenvalue weighted by Gasteiger charge is -2.21. The van der Waals surface area contributed by atoms with E-state index in [-0.39, 0.29) is 43.1 Å². The number of urea groups is 1. The minimum atomic E-state index is -0.918. The van der Waals surface area contributed by atoms with Crippen molar-refractivity contribution in [1.82, 2.24) is 4.90 Å². The molecule has 2 atom stereocenters. The van der Waals surface area contributed by atoms with Crippen molar-refractivity contribution < 1.29 is 29.0 Å². The van der Waals surface area contributed by atoms with Crippen molar-refractivity contribution in [2.75, 3.05) is 49.3 Å². The van der Waals surface area contributed by atoms with Gasteiger partial charge < -0.3 is 25.4 Å². The average molecular weight is 573 g/mol. The summed E-state index contributed by atoms with van der Waals surface area (Å²) in [5, 5.41) is 15.6. The largest absolute Gasteiger partial charge is 0.495 e. The van der Waals surface area contributed by atoms with Crippen LogP contribution >= 0.6 is 0 Å². The van der Waals surface area contributed by atoms with E-state index in [0.29, 0.717) is 18.0 Å². The third-order valence-electron chi connectivity index (χ3n) is 7.60. The van der Waals surface area contributed by atoms with Crippen molar-refractivity contribution in [3.05, 3.63) is 83.4 Å². The molecular weight excluding hydrogens is 536 g/mol. The van der Waals surface area contributed by atoms with Crippen LogP contribution in [0.4, 0.5) is 21.9 Å². The topological polar surface area (TPSA) is 128 Å². The number of aliphatic carboxylic acids is 1. The van der Waals surface area contributed by atoms with Gasteiger partial charge in [0.15, 0.2) is 5.78 Å². The number of ether oxygens (including phenoxy) is 1. The molecule has 10 heteroatoms. The first-order valence-corrected chi connectivity index (χ1v) is 13.7. The van der Waals surface area contributed by atoms with Gasteiger partial charge in [-0.1, -0.05) is 36.4 Å². The highest BCUT2D eigenvalue weighted by Gasteiger charge is 2.39. The molecule has 0 aliphatic carbocycles. The van der Waals surface area contributed by atoms with Gasteiger partial charge in [-0.25, -0.2) is 4.79 Å². The number of anilines is 3. The first-order chi connectivity index (χ1) is 20.1. The number of likely N-dealkylation sites (tertiary alicyclic amines) is 1. The van der Waals surface area contributed by atoms with Crippen LogP contribution in [0.5, 0.6) is 5.75 Å². The Hall–Kier alpha value is -4.86. The van der Waals surface area contributed by atoms with Gasteiger partial charge in [-0.05, 0) is 53.9 Å². The Morgan fingerprint density at radius 3 is 2.38 bits per heavy atom. The fraction of sp³-hybridized carbons (Fsp3) is 0.312. The number of nitrogens with zero attached hydrogens (tertiary/aromatic N) is 2. The van der Waals surface area contributed by atoms with E-state index < -0.39 is 11.9 Å². The average Bonchev–Trinajstić information content (AvgIpc) is 3.43. The van der Waals surface area contributed by atoms with Crippen LogP contribution in [0.25, 0.3) is 0 Å². The van der Waals surface area contributed by atoms with Crippen LogP contribution < -0.4 is 20.3 Å². The summed E-state index contributed by atoms with van der Waals surface area (Å²) in [5.41, 5.74) is 4.58. The molecule has 1 saturated heterocycles. The Morgan fingerprint density at radius 1 is 1.02 bits per heavy atom. The molecule has 1 aliphatic heterocycles. The van der Waals surface area contributed by atoms with Crippen molar-refractivity contribution in [1.29, 1.82) is 0 Å². The van der Waals surface area contributed by atoms with Gasteiger partial charge in [-0.2, -0.15) is 0 Å². The van der Waals surface area contributed by atoms with Crippen LogP contribution in [0, 0.1) is 12.8 Å². The van der Waals surface area contributed by atoms with Crippen molar-refractivity contribution in [3.8, 4) is 5.75 Å². The zero-order chi connectivity index (χ0) is 30.4. The second-order valence-corrected chi connectivity index (χ2v) is 10.5. The maximum absolute atomic E-state index is 12.9. The molecule has 3 amide bonds. The summed E-state index contributed by atoms with van der Waals surface area (Å²) < 4.78 is 5.48. The van der Waals surface area contributed by atoms with E-state index in [4.69, 9.17) is 4.74 Å². The number of nitrogens with one attached hydrogen (secondary N) is 2. The van der Waals surface area contributed by atoms with Gasteiger partial charge in [0.25, 0.3) is 0 Å². The molecule has 2 unspecified atom stereocenters. The highest BCUT2D eigenvalue weighted by Crippen LogP contribution is 2.33. The van der Waals surface area contributed by atoms with Gasteiger partial charge in [-0.3, -0.25) is 19.3 Å². The zero-order valence-electron chi connectivity index (χ0n) is 24.2. The quantitative estimate of drug-likeness (QED) is 0.325. The summed E-state index contributed by atoms with van der Waals surface area (Å²) in [4.78, 5) is 52.2. The molecule has 10 nitrogen and oxygen atoms in total. The number of benzene rings is 3. The fourth-order valence-corrected chi connectivity index (χ4v) is 5.18. The number of carboxylic acid groups (broad SMARTS) is 1. The summed E-state index contributed by atoms with van der Waals surface area (Å²) in [5.74, 6) is -1.59. The number of Topliss-reactive ketones (excluding diaryl/α,β-unsaturated/α-hetero) is 1. The molecule has 1 fully saturated rings.